The highest BCUT2D eigenvalue weighted by Crippen LogP contribution is 2.42. The van der Waals surface area contributed by atoms with Gasteiger partial charge in [0.2, 0.25) is 0 Å². The van der Waals surface area contributed by atoms with Crippen LogP contribution < -0.4 is 0 Å². The van der Waals surface area contributed by atoms with Crippen molar-refractivity contribution in [1.82, 2.24) is 0 Å². The van der Waals surface area contributed by atoms with Gasteiger partial charge in [-0.05, 0) is 47.9 Å². The summed E-state index contributed by atoms with van der Waals surface area (Å²) in [6, 6.07) is 8.20. The minimum absolute atomic E-state index is 0.00695. The first-order chi connectivity index (χ1) is 16.9. The van der Waals surface area contributed by atoms with Gasteiger partial charge < -0.3 is 5.11 Å². The van der Waals surface area contributed by atoms with Crippen molar-refractivity contribution < 1.29 is 56.6 Å². The fourth-order valence-corrected chi connectivity index (χ4v) is 5.60. The molecule has 0 heterocycles. The summed E-state index contributed by atoms with van der Waals surface area (Å²) in [5, 5.41) is 17.8. The molecule has 0 aliphatic carbocycles. The van der Waals surface area contributed by atoms with Crippen LogP contribution in [0, 0.1) is 0 Å². The summed E-state index contributed by atoms with van der Waals surface area (Å²) in [5.41, 5.74) is -0.487. The van der Waals surface area contributed by atoms with Crippen molar-refractivity contribution in [3.05, 3.63) is 48.5 Å². The van der Waals surface area contributed by atoms with Crippen LogP contribution in [0.25, 0.3) is 10.8 Å². The summed E-state index contributed by atoms with van der Waals surface area (Å²) < 4.78 is 123. The second kappa shape index (κ2) is 10.0. The molecule has 3 rings (SSSR count). The fraction of sp³-hybridized carbons (Fsp3) is 0.111. The SMILES string of the molecule is O=S(=O)(O)OCCS(=O)(=O)c1ccc(N=Nc2c(O)c(S(=O)(=O)O)cc3cc(S(=O)(=O)O)ccc23)cc1. The molecule has 4 N–H and O–H groups in total. The van der Waals surface area contributed by atoms with E-state index in [0.29, 0.717) is 0 Å². The molecule has 0 amide bonds. The quantitative estimate of drug-likeness (QED) is 0.204. The molecule has 37 heavy (non-hydrogen) atoms. The van der Waals surface area contributed by atoms with Crippen LogP contribution in [0.2, 0.25) is 0 Å². The summed E-state index contributed by atoms with van der Waals surface area (Å²) >= 11 is 0. The lowest BCUT2D eigenvalue weighted by Crippen LogP contribution is -2.15. The molecular weight excluding hydrogens is 580 g/mol. The van der Waals surface area contributed by atoms with Gasteiger partial charge in [0.25, 0.3) is 20.2 Å². The number of benzene rings is 3. The van der Waals surface area contributed by atoms with Crippen LogP contribution in [0.5, 0.6) is 5.75 Å². The van der Waals surface area contributed by atoms with Crippen LogP contribution in [0.3, 0.4) is 0 Å². The van der Waals surface area contributed by atoms with E-state index < -0.39 is 74.1 Å². The van der Waals surface area contributed by atoms with Crippen LogP contribution in [0.15, 0.2) is 73.4 Å². The molecule has 0 radical (unpaired) electrons. The number of azo groups is 1. The third-order valence-electron chi connectivity index (χ3n) is 4.64. The van der Waals surface area contributed by atoms with Crippen molar-refractivity contribution in [2.24, 2.45) is 10.2 Å². The summed E-state index contributed by atoms with van der Waals surface area (Å²) in [7, 11) is -18.5. The lowest BCUT2D eigenvalue weighted by molar-refractivity contribution is 0.284. The van der Waals surface area contributed by atoms with Gasteiger partial charge in [-0.3, -0.25) is 13.7 Å². The maximum absolute atomic E-state index is 12.2. The Labute approximate surface area is 210 Å². The van der Waals surface area contributed by atoms with Gasteiger partial charge in [0.15, 0.2) is 15.6 Å². The number of nitrogens with zero attached hydrogens (tertiary/aromatic N) is 2. The summed E-state index contributed by atoms with van der Waals surface area (Å²) in [5.74, 6) is -1.79. The van der Waals surface area contributed by atoms with Gasteiger partial charge >= 0.3 is 10.4 Å². The van der Waals surface area contributed by atoms with E-state index in [9.17, 15) is 47.9 Å². The van der Waals surface area contributed by atoms with Crippen molar-refractivity contribution in [2.75, 3.05) is 12.4 Å². The molecule has 0 aromatic heterocycles. The molecule has 3 aromatic carbocycles. The van der Waals surface area contributed by atoms with Gasteiger partial charge in [0.1, 0.15) is 10.6 Å². The van der Waals surface area contributed by atoms with Crippen molar-refractivity contribution >= 4 is 62.6 Å². The average Bonchev–Trinajstić information content (AvgIpc) is 2.75. The van der Waals surface area contributed by atoms with E-state index in [4.69, 9.17) is 4.55 Å². The number of sulfone groups is 1. The summed E-state index contributed by atoms with van der Waals surface area (Å²) in [6.07, 6.45) is 0. The third-order valence-corrected chi connectivity index (χ3v) is 8.52. The molecule has 0 fully saturated rings. The van der Waals surface area contributed by atoms with Crippen molar-refractivity contribution in [3.63, 3.8) is 0 Å². The van der Waals surface area contributed by atoms with Gasteiger partial charge in [0, 0.05) is 5.39 Å². The molecule has 0 spiro atoms. The molecule has 0 aliphatic rings. The van der Waals surface area contributed by atoms with E-state index in [1.807, 2.05) is 0 Å². The molecule has 3 aromatic rings. The third kappa shape index (κ3) is 7.05. The molecule has 0 unspecified atom stereocenters. The highest BCUT2D eigenvalue weighted by Gasteiger charge is 2.23. The number of hydrogen-bond acceptors (Lipinski definition) is 12. The van der Waals surface area contributed by atoms with Gasteiger partial charge in [-0.2, -0.15) is 30.4 Å². The summed E-state index contributed by atoms with van der Waals surface area (Å²) in [4.78, 5) is -1.88. The van der Waals surface area contributed by atoms with Gasteiger partial charge in [-0.25, -0.2) is 12.6 Å². The standard InChI is InChI=1S/C18H16N2O13S4/c21-18-16(36(27,28)29)10-11-9-14(35(24,25)26)5-6-15(11)17(18)20-19-12-1-3-13(4-2-12)34(22,23)8-7-33-37(30,31)32/h1-6,9-10,21H,7-8H2,(H,24,25,26)(H,27,28,29)(H,30,31,32). The Morgan fingerprint density at radius 2 is 1.32 bits per heavy atom. The van der Waals surface area contributed by atoms with Crippen LogP contribution in [0.4, 0.5) is 11.4 Å². The maximum Gasteiger partial charge on any atom is 0.397 e. The Morgan fingerprint density at radius 1 is 0.730 bits per heavy atom. The normalized spacial score (nSPS) is 13.4. The van der Waals surface area contributed by atoms with Crippen LogP contribution in [-0.4, -0.2) is 64.8 Å². The molecule has 0 aliphatic heterocycles. The van der Waals surface area contributed by atoms with E-state index >= 15 is 0 Å². The Morgan fingerprint density at radius 3 is 1.86 bits per heavy atom. The highest BCUT2D eigenvalue weighted by molar-refractivity contribution is 7.91. The molecule has 0 atom stereocenters. The number of rotatable bonds is 9. The van der Waals surface area contributed by atoms with Crippen LogP contribution >= 0.6 is 0 Å². The molecule has 200 valence electrons. The van der Waals surface area contributed by atoms with Crippen molar-refractivity contribution in [1.29, 1.82) is 0 Å². The molecule has 19 heteroatoms. The fourth-order valence-electron chi connectivity index (χ4n) is 2.98. The second-order valence-electron chi connectivity index (χ2n) is 7.17. The second-order valence-corrected chi connectivity index (χ2v) is 13.2. The smallest absolute Gasteiger partial charge is 0.397 e. The number of hydrogen-bond donors (Lipinski definition) is 4. The molecule has 15 nitrogen and oxygen atoms in total. The van der Waals surface area contributed by atoms with E-state index in [2.05, 4.69) is 14.4 Å². The molecular formula is C18H16N2O13S4. The van der Waals surface area contributed by atoms with Gasteiger partial charge in [0.05, 0.1) is 27.8 Å². The van der Waals surface area contributed by atoms with Crippen LogP contribution in [-0.2, 0) is 44.7 Å². The largest absolute Gasteiger partial charge is 0.504 e. The highest BCUT2D eigenvalue weighted by atomic mass is 32.3. The van der Waals surface area contributed by atoms with Gasteiger partial charge in [-0.1, -0.05) is 6.07 Å². The first-order valence-electron chi connectivity index (χ1n) is 9.50. The number of phenols is 1. The first-order valence-corrected chi connectivity index (χ1v) is 15.4. The van der Waals surface area contributed by atoms with E-state index in [0.717, 1.165) is 36.4 Å². The zero-order valence-electron chi connectivity index (χ0n) is 18.0. The minimum atomic E-state index is -5.01. The predicted molar refractivity (Wildman–Crippen MR) is 125 cm³/mol. The zero-order valence-corrected chi connectivity index (χ0v) is 21.3. The Kier molecular flexibility index (Phi) is 7.73. The zero-order chi connectivity index (χ0) is 27.8. The monoisotopic (exact) mass is 596 g/mol. The Bertz CT molecular complexity index is 1830. The Hall–Kier alpha value is -3.04. The van der Waals surface area contributed by atoms with E-state index in [1.165, 1.54) is 12.1 Å². The van der Waals surface area contributed by atoms with Crippen molar-refractivity contribution in [2.45, 2.75) is 14.7 Å². The average molecular weight is 597 g/mol. The number of phenolic OH excluding ortho intramolecular Hbond substituents is 1. The molecule has 0 saturated carbocycles. The van der Waals surface area contributed by atoms with Crippen molar-refractivity contribution in [3.8, 4) is 5.75 Å². The summed E-state index contributed by atoms with van der Waals surface area (Å²) in [6.45, 7) is -0.835. The van der Waals surface area contributed by atoms with E-state index in [-0.39, 0.29) is 21.4 Å². The Balaban J connectivity index is 2.01. The molecule has 0 saturated heterocycles. The van der Waals surface area contributed by atoms with Gasteiger partial charge in [-0.15, -0.1) is 5.11 Å². The van der Waals surface area contributed by atoms with E-state index in [1.54, 1.807) is 0 Å². The number of aromatic hydroxyl groups is 1. The van der Waals surface area contributed by atoms with Crippen LogP contribution in [0.1, 0.15) is 0 Å². The maximum atomic E-state index is 12.2. The predicted octanol–water partition coefficient (Wildman–Crippen LogP) is 2.05. The first kappa shape index (κ1) is 28.5. The molecule has 0 bridgehead atoms. The lowest BCUT2D eigenvalue weighted by Gasteiger charge is -2.09. The lowest BCUT2D eigenvalue weighted by atomic mass is 10.1. The minimum Gasteiger partial charge on any atom is -0.504 e. The topological polar surface area (TPSA) is 251 Å². The number of fused-ring (bicyclic) bond motifs is 1.